The van der Waals surface area contributed by atoms with E-state index in [1.165, 1.54) is 0 Å². The van der Waals surface area contributed by atoms with Crippen molar-refractivity contribution in [2.45, 2.75) is 25.9 Å². The van der Waals surface area contributed by atoms with Crippen LogP contribution in [0.15, 0.2) is 97.2 Å². The number of hydrogen-bond acceptors (Lipinski definition) is 3. The maximum Gasteiger partial charge on any atom is 0.322 e. The Kier molecular flexibility index (Phi) is 6.59. The number of nitrogens with one attached hydrogen (secondary N) is 1. The minimum atomic E-state index is -0.385. The number of aromatic nitrogens is 3. The Balaban J connectivity index is 1.55. The van der Waals surface area contributed by atoms with Crippen LogP contribution in [0.25, 0.3) is 11.5 Å². The minimum Gasteiger partial charge on any atom is -0.497 e. The number of urea groups is 1. The lowest BCUT2D eigenvalue weighted by Gasteiger charge is -2.31. The molecule has 39 heavy (non-hydrogen) atoms. The zero-order valence-corrected chi connectivity index (χ0v) is 22.5. The molecule has 2 amide bonds. The predicted molar refractivity (Wildman–Crippen MR) is 153 cm³/mol. The van der Waals surface area contributed by atoms with Crippen molar-refractivity contribution in [3.63, 3.8) is 0 Å². The standard InChI is InChI=1S/C31H28ClN5O2/c1-3-27-26-20-36(31(38)33-23-16-14-22(32)15-17-23)29(21-9-7-12-25(19-21)39-2)28-13-8-18-35(28)30(26)37(34-27)24-10-5-4-6-11-24/h4-19,29H,3,20H2,1-2H3,(H,33,38)/t29-/m0/s1. The maximum absolute atomic E-state index is 14.1. The molecule has 7 nitrogen and oxygen atoms in total. The number of rotatable bonds is 5. The maximum atomic E-state index is 14.1. The van der Waals surface area contributed by atoms with Gasteiger partial charge in [0.25, 0.3) is 0 Å². The fraction of sp³-hybridized carbons (Fsp3) is 0.161. The molecule has 3 aromatic carbocycles. The highest BCUT2D eigenvalue weighted by Gasteiger charge is 2.36. The summed E-state index contributed by atoms with van der Waals surface area (Å²) in [7, 11) is 1.65. The van der Waals surface area contributed by atoms with E-state index in [0.717, 1.165) is 46.2 Å². The summed E-state index contributed by atoms with van der Waals surface area (Å²) in [5.74, 6) is 1.67. The van der Waals surface area contributed by atoms with Crippen LogP contribution in [0.3, 0.4) is 0 Å². The molecule has 0 saturated carbocycles. The lowest BCUT2D eigenvalue weighted by molar-refractivity contribution is 0.194. The summed E-state index contributed by atoms with van der Waals surface area (Å²) in [6, 6.07) is 28.6. The molecule has 0 spiro atoms. The molecule has 0 radical (unpaired) electrons. The van der Waals surface area contributed by atoms with Gasteiger partial charge in [0.1, 0.15) is 11.6 Å². The Morgan fingerprint density at radius 2 is 1.82 bits per heavy atom. The summed E-state index contributed by atoms with van der Waals surface area (Å²) in [4.78, 5) is 15.9. The van der Waals surface area contributed by atoms with E-state index in [9.17, 15) is 4.79 Å². The number of ether oxygens (including phenoxy) is 1. The van der Waals surface area contributed by atoms with E-state index in [1.54, 1.807) is 31.4 Å². The zero-order valence-electron chi connectivity index (χ0n) is 21.7. The molecule has 1 N–H and O–H groups in total. The third-order valence-electron chi connectivity index (χ3n) is 7.07. The van der Waals surface area contributed by atoms with Gasteiger partial charge in [0.2, 0.25) is 0 Å². The van der Waals surface area contributed by atoms with E-state index in [1.807, 2.05) is 76.4 Å². The lowest BCUT2D eigenvalue weighted by Crippen LogP contribution is -2.38. The van der Waals surface area contributed by atoms with Crippen molar-refractivity contribution in [2.24, 2.45) is 0 Å². The molecule has 5 aromatic rings. The minimum absolute atomic E-state index is 0.222. The molecule has 8 heteroatoms. The molecule has 0 saturated heterocycles. The van der Waals surface area contributed by atoms with Crippen LogP contribution in [-0.2, 0) is 13.0 Å². The molecule has 3 heterocycles. The molecule has 1 atom stereocenters. The van der Waals surface area contributed by atoms with Crippen LogP contribution in [0, 0.1) is 0 Å². The van der Waals surface area contributed by atoms with Gasteiger partial charge in [-0.15, -0.1) is 0 Å². The van der Waals surface area contributed by atoms with Gasteiger partial charge in [0.05, 0.1) is 36.8 Å². The number of halogens is 1. The van der Waals surface area contributed by atoms with Crippen molar-refractivity contribution >= 4 is 23.3 Å². The van der Waals surface area contributed by atoms with Crippen molar-refractivity contribution in [1.82, 2.24) is 19.2 Å². The van der Waals surface area contributed by atoms with Gasteiger partial charge in [-0.05, 0) is 72.6 Å². The fourth-order valence-corrected chi connectivity index (χ4v) is 5.37. The van der Waals surface area contributed by atoms with Gasteiger partial charge in [0.15, 0.2) is 0 Å². The first-order valence-corrected chi connectivity index (χ1v) is 13.3. The first-order valence-electron chi connectivity index (χ1n) is 12.9. The molecule has 2 aromatic heterocycles. The Morgan fingerprint density at radius 3 is 2.56 bits per heavy atom. The molecule has 196 valence electrons. The average molecular weight is 538 g/mol. The Morgan fingerprint density at radius 1 is 1.03 bits per heavy atom. The van der Waals surface area contributed by atoms with E-state index >= 15 is 0 Å². The van der Waals surface area contributed by atoms with Crippen LogP contribution in [0.5, 0.6) is 5.75 Å². The van der Waals surface area contributed by atoms with Crippen LogP contribution in [0.2, 0.25) is 5.02 Å². The number of anilines is 1. The number of para-hydroxylation sites is 1. The smallest absolute Gasteiger partial charge is 0.322 e. The summed E-state index contributed by atoms with van der Waals surface area (Å²) in [5.41, 5.74) is 5.49. The molecular weight excluding hydrogens is 510 g/mol. The van der Waals surface area contributed by atoms with E-state index in [-0.39, 0.29) is 12.1 Å². The second kappa shape index (κ2) is 10.3. The summed E-state index contributed by atoms with van der Waals surface area (Å²) in [6.45, 7) is 2.46. The number of benzene rings is 3. The van der Waals surface area contributed by atoms with E-state index in [4.69, 9.17) is 21.4 Å². The Labute approximate surface area is 232 Å². The zero-order chi connectivity index (χ0) is 26.9. The SMILES string of the molecule is CCc1nn(-c2ccccc2)c2c1CN(C(=O)Nc1ccc(Cl)cc1)[C@@H](c1cccc(OC)c1)c1cccn1-2. The van der Waals surface area contributed by atoms with Gasteiger partial charge in [-0.25, -0.2) is 9.48 Å². The quantitative estimate of drug-likeness (QED) is 0.262. The van der Waals surface area contributed by atoms with E-state index < -0.39 is 0 Å². The molecule has 0 unspecified atom stereocenters. The van der Waals surface area contributed by atoms with Crippen LogP contribution in [0.4, 0.5) is 10.5 Å². The number of carbonyl (C=O) groups excluding carboxylic acids is 1. The summed E-state index contributed by atoms with van der Waals surface area (Å²) in [5, 5.41) is 8.71. The van der Waals surface area contributed by atoms with E-state index in [2.05, 4.69) is 22.9 Å². The predicted octanol–water partition coefficient (Wildman–Crippen LogP) is 7.02. The molecule has 6 rings (SSSR count). The third kappa shape index (κ3) is 4.55. The van der Waals surface area contributed by atoms with Gasteiger partial charge >= 0.3 is 6.03 Å². The molecular formula is C31H28ClN5O2. The number of aryl methyl sites for hydroxylation is 1. The van der Waals surface area contributed by atoms with Crippen molar-refractivity contribution in [3.8, 4) is 17.3 Å². The summed E-state index contributed by atoms with van der Waals surface area (Å²) in [6.07, 6.45) is 2.78. The molecule has 0 aliphatic carbocycles. The van der Waals surface area contributed by atoms with Crippen LogP contribution < -0.4 is 10.1 Å². The number of carbonyl (C=O) groups is 1. The van der Waals surface area contributed by atoms with Gasteiger partial charge in [-0.3, -0.25) is 0 Å². The summed E-state index contributed by atoms with van der Waals surface area (Å²) < 4.78 is 9.70. The number of fused-ring (bicyclic) bond motifs is 3. The number of amides is 2. The Hall–Kier alpha value is -4.49. The fourth-order valence-electron chi connectivity index (χ4n) is 5.24. The van der Waals surface area contributed by atoms with Crippen molar-refractivity contribution < 1.29 is 9.53 Å². The van der Waals surface area contributed by atoms with Gasteiger partial charge in [-0.2, -0.15) is 5.10 Å². The average Bonchev–Trinajstić information content (AvgIpc) is 3.55. The third-order valence-corrected chi connectivity index (χ3v) is 7.32. The van der Waals surface area contributed by atoms with Crippen molar-refractivity contribution in [2.75, 3.05) is 12.4 Å². The van der Waals surface area contributed by atoms with Gasteiger partial charge in [-0.1, -0.05) is 48.9 Å². The molecule has 1 aliphatic rings. The second-order valence-electron chi connectivity index (χ2n) is 9.40. The van der Waals surface area contributed by atoms with Crippen LogP contribution >= 0.6 is 11.6 Å². The molecule has 1 aliphatic heterocycles. The first-order chi connectivity index (χ1) is 19.1. The first kappa shape index (κ1) is 24.8. The van der Waals surface area contributed by atoms with Crippen LogP contribution in [-0.4, -0.2) is 32.4 Å². The summed E-state index contributed by atoms with van der Waals surface area (Å²) >= 11 is 6.09. The topological polar surface area (TPSA) is 64.3 Å². The Bertz CT molecular complexity index is 1620. The normalized spacial score (nSPS) is 14.3. The van der Waals surface area contributed by atoms with E-state index in [0.29, 0.717) is 17.3 Å². The highest BCUT2D eigenvalue weighted by atomic mass is 35.5. The largest absolute Gasteiger partial charge is 0.497 e. The number of hydrogen-bond donors (Lipinski definition) is 1. The molecule has 0 fully saturated rings. The van der Waals surface area contributed by atoms with Gasteiger partial charge in [0, 0.05) is 22.5 Å². The van der Waals surface area contributed by atoms with Crippen LogP contribution in [0.1, 0.15) is 35.5 Å². The monoisotopic (exact) mass is 537 g/mol. The highest BCUT2D eigenvalue weighted by Crippen LogP contribution is 2.39. The highest BCUT2D eigenvalue weighted by molar-refractivity contribution is 6.30. The number of nitrogens with zero attached hydrogens (tertiary/aromatic N) is 4. The number of methoxy groups -OCH3 is 1. The molecule has 0 bridgehead atoms. The van der Waals surface area contributed by atoms with Gasteiger partial charge < -0.3 is 19.5 Å². The van der Waals surface area contributed by atoms with Crippen molar-refractivity contribution in [1.29, 1.82) is 0 Å². The lowest BCUT2D eigenvalue weighted by atomic mass is 10.0. The van der Waals surface area contributed by atoms with Crippen molar-refractivity contribution in [3.05, 3.63) is 125 Å². The second-order valence-corrected chi connectivity index (χ2v) is 9.83.